The van der Waals surface area contributed by atoms with Crippen molar-refractivity contribution in [2.45, 2.75) is 51.2 Å². The van der Waals surface area contributed by atoms with E-state index in [4.69, 9.17) is 5.73 Å². The summed E-state index contributed by atoms with van der Waals surface area (Å²) in [6, 6.07) is 1.78. The van der Waals surface area contributed by atoms with Crippen molar-refractivity contribution in [3.8, 4) is 0 Å². The molecule has 12 heavy (non-hydrogen) atoms. The monoisotopic (exact) mass is 168 g/mol. The lowest BCUT2D eigenvalue weighted by Crippen LogP contribution is -2.57. The van der Waals surface area contributed by atoms with Crippen LogP contribution in [-0.4, -0.2) is 18.1 Å². The van der Waals surface area contributed by atoms with Gasteiger partial charge in [-0.15, -0.1) is 0 Å². The molecule has 5 unspecified atom stereocenters. The lowest BCUT2D eigenvalue weighted by Gasteiger charge is -2.36. The zero-order chi connectivity index (χ0) is 8.72. The van der Waals surface area contributed by atoms with Crippen molar-refractivity contribution < 1.29 is 0 Å². The Morgan fingerprint density at radius 1 is 1.50 bits per heavy atom. The van der Waals surface area contributed by atoms with Crippen LogP contribution < -0.4 is 11.1 Å². The maximum Gasteiger partial charge on any atom is 0.0255 e. The fraction of sp³-hybridized carbons (Fsp3) is 1.00. The first-order chi connectivity index (χ1) is 5.74. The van der Waals surface area contributed by atoms with Crippen LogP contribution in [0.15, 0.2) is 0 Å². The fourth-order valence-corrected chi connectivity index (χ4v) is 2.58. The standard InChI is InChI=1S/C10H20N2/c1-3-4-6(2)12-10-8-5-7(8)9(10)11/h6-10,12H,3-5,11H2,1-2H3. The average molecular weight is 168 g/mol. The summed E-state index contributed by atoms with van der Waals surface area (Å²) in [5, 5.41) is 3.63. The van der Waals surface area contributed by atoms with E-state index in [0.717, 1.165) is 11.8 Å². The minimum absolute atomic E-state index is 0.467. The Morgan fingerprint density at radius 3 is 2.75 bits per heavy atom. The van der Waals surface area contributed by atoms with Gasteiger partial charge in [-0.3, -0.25) is 0 Å². The van der Waals surface area contributed by atoms with E-state index >= 15 is 0 Å². The minimum atomic E-state index is 0.467. The predicted octanol–water partition coefficient (Wildman–Crippen LogP) is 1.11. The topological polar surface area (TPSA) is 38.0 Å². The van der Waals surface area contributed by atoms with E-state index < -0.39 is 0 Å². The predicted molar refractivity (Wildman–Crippen MR) is 50.9 cm³/mol. The molecule has 2 saturated carbocycles. The minimum Gasteiger partial charge on any atom is -0.326 e. The molecule has 2 fully saturated rings. The highest BCUT2D eigenvalue weighted by Gasteiger charge is 2.59. The van der Waals surface area contributed by atoms with Crippen molar-refractivity contribution in [2.24, 2.45) is 17.6 Å². The molecule has 2 nitrogen and oxygen atoms in total. The molecule has 2 heteroatoms. The van der Waals surface area contributed by atoms with Gasteiger partial charge < -0.3 is 11.1 Å². The zero-order valence-corrected chi connectivity index (χ0v) is 8.09. The van der Waals surface area contributed by atoms with Crippen LogP contribution in [0.1, 0.15) is 33.1 Å². The van der Waals surface area contributed by atoms with Crippen molar-refractivity contribution in [1.29, 1.82) is 0 Å². The first-order valence-corrected chi connectivity index (χ1v) is 5.25. The Labute approximate surface area is 74.9 Å². The summed E-state index contributed by atoms with van der Waals surface area (Å²) in [6.45, 7) is 4.50. The van der Waals surface area contributed by atoms with Gasteiger partial charge in [0.15, 0.2) is 0 Å². The normalized spacial score (nSPS) is 46.2. The Balaban J connectivity index is 1.72. The summed E-state index contributed by atoms with van der Waals surface area (Å²) in [5.74, 6) is 1.83. The van der Waals surface area contributed by atoms with E-state index in [-0.39, 0.29) is 0 Å². The van der Waals surface area contributed by atoms with Gasteiger partial charge in [0.05, 0.1) is 0 Å². The van der Waals surface area contributed by atoms with Crippen LogP contribution in [0, 0.1) is 11.8 Å². The molecule has 0 amide bonds. The molecule has 0 heterocycles. The molecular weight excluding hydrogens is 148 g/mol. The van der Waals surface area contributed by atoms with Gasteiger partial charge in [-0.2, -0.15) is 0 Å². The molecule has 0 aromatic carbocycles. The third kappa shape index (κ3) is 1.27. The first-order valence-electron chi connectivity index (χ1n) is 5.25. The zero-order valence-electron chi connectivity index (χ0n) is 8.09. The second kappa shape index (κ2) is 3.00. The van der Waals surface area contributed by atoms with E-state index in [1.807, 2.05) is 0 Å². The van der Waals surface area contributed by atoms with Crippen LogP contribution in [0.25, 0.3) is 0 Å². The van der Waals surface area contributed by atoms with Gasteiger partial charge >= 0.3 is 0 Å². The van der Waals surface area contributed by atoms with E-state index in [2.05, 4.69) is 19.2 Å². The summed E-state index contributed by atoms with van der Waals surface area (Å²) >= 11 is 0. The fourth-order valence-electron chi connectivity index (χ4n) is 2.58. The molecule has 0 aromatic rings. The van der Waals surface area contributed by atoms with Crippen LogP contribution in [-0.2, 0) is 0 Å². The molecule has 5 atom stereocenters. The van der Waals surface area contributed by atoms with Crippen LogP contribution in [0.2, 0.25) is 0 Å². The van der Waals surface area contributed by atoms with Gasteiger partial charge in [0.1, 0.15) is 0 Å². The Hall–Kier alpha value is -0.0800. The Bertz CT molecular complexity index is 169. The van der Waals surface area contributed by atoms with Gasteiger partial charge in [0.25, 0.3) is 0 Å². The number of nitrogens with two attached hydrogens (primary N) is 1. The van der Waals surface area contributed by atoms with Gasteiger partial charge in [-0.1, -0.05) is 13.3 Å². The Morgan fingerprint density at radius 2 is 2.25 bits per heavy atom. The summed E-state index contributed by atoms with van der Waals surface area (Å²) in [7, 11) is 0. The molecule has 70 valence electrons. The van der Waals surface area contributed by atoms with Crippen LogP contribution in [0.3, 0.4) is 0 Å². The number of rotatable bonds is 4. The van der Waals surface area contributed by atoms with Gasteiger partial charge in [-0.25, -0.2) is 0 Å². The van der Waals surface area contributed by atoms with Crippen LogP contribution in [0.4, 0.5) is 0 Å². The maximum atomic E-state index is 5.99. The lowest BCUT2D eigenvalue weighted by molar-refractivity contribution is 0.240. The van der Waals surface area contributed by atoms with Crippen molar-refractivity contribution in [3.05, 3.63) is 0 Å². The summed E-state index contributed by atoms with van der Waals surface area (Å²) in [6.07, 6.45) is 3.93. The molecule has 2 aliphatic carbocycles. The van der Waals surface area contributed by atoms with Gasteiger partial charge in [0, 0.05) is 18.1 Å². The van der Waals surface area contributed by atoms with E-state index in [0.29, 0.717) is 18.1 Å². The second-order valence-corrected chi connectivity index (χ2v) is 4.52. The average Bonchev–Trinajstić information content (AvgIpc) is 2.76. The molecule has 0 aliphatic heterocycles. The smallest absolute Gasteiger partial charge is 0.0255 e. The molecular formula is C10H20N2. The largest absolute Gasteiger partial charge is 0.326 e. The van der Waals surface area contributed by atoms with E-state index in [9.17, 15) is 0 Å². The van der Waals surface area contributed by atoms with E-state index in [1.54, 1.807) is 0 Å². The molecule has 0 spiro atoms. The number of fused-ring (bicyclic) bond motifs is 1. The van der Waals surface area contributed by atoms with Crippen LogP contribution in [0.5, 0.6) is 0 Å². The van der Waals surface area contributed by atoms with Crippen molar-refractivity contribution in [2.75, 3.05) is 0 Å². The maximum absolute atomic E-state index is 5.99. The third-order valence-corrected chi connectivity index (χ3v) is 3.46. The highest BCUT2D eigenvalue weighted by molar-refractivity contribution is 5.16. The highest BCUT2D eigenvalue weighted by Crippen LogP contribution is 2.54. The van der Waals surface area contributed by atoms with Gasteiger partial charge in [-0.05, 0) is 31.6 Å². The number of hydrogen-bond acceptors (Lipinski definition) is 2. The van der Waals surface area contributed by atoms with Crippen molar-refractivity contribution in [3.63, 3.8) is 0 Å². The molecule has 2 aliphatic rings. The molecule has 0 aromatic heterocycles. The summed E-state index contributed by atoms with van der Waals surface area (Å²) in [5.41, 5.74) is 5.99. The molecule has 0 radical (unpaired) electrons. The SMILES string of the molecule is CCCC(C)NC1C(N)C2CC21. The van der Waals surface area contributed by atoms with Crippen LogP contribution >= 0.6 is 0 Å². The molecule has 3 N–H and O–H groups in total. The molecule has 2 rings (SSSR count). The quantitative estimate of drug-likeness (QED) is 0.660. The molecule has 0 saturated heterocycles. The summed E-state index contributed by atoms with van der Waals surface area (Å²) < 4.78 is 0. The lowest BCUT2D eigenvalue weighted by atomic mass is 9.86. The first kappa shape index (κ1) is 8.52. The summed E-state index contributed by atoms with van der Waals surface area (Å²) in [4.78, 5) is 0. The number of nitrogens with one attached hydrogen (secondary N) is 1. The number of hydrogen-bond donors (Lipinski definition) is 2. The van der Waals surface area contributed by atoms with Gasteiger partial charge in [0.2, 0.25) is 0 Å². The molecule has 0 bridgehead atoms. The Kier molecular flexibility index (Phi) is 2.13. The highest BCUT2D eigenvalue weighted by atomic mass is 15.1. The van der Waals surface area contributed by atoms with E-state index in [1.165, 1.54) is 19.3 Å². The third-order valence-electron chi connectivity index (χ3n) is 3.46. The van der Waals surface area contributed by atoms with Crippen molar-refractivity contribution in [1.82, 2.24) is 5.32 Å². The van der Waals surface area contributed by atoms with Crippen molar-refractivity contribution >= 4 is 0 Å². The second-order valence-electron chi connectivity index (χ2n) is 4.52.